The molecule has 0 saturated carbocycles. The average Bonchev–Trinajstić information content (AvgIpc) is 3.62. The summed E-state index contributed by atoms with van der Waals surface area (Å²) in [6, 6.07) is 73.9. The molecule has 0 unspecified atom stereocenters. The molecule has 9 aromatic carbocycles. The third kappa shape index (κ3) is 5.32. The number of nitrogens with zero attached hydrogens (tertiary/aromatic N) is 2. The van der Waals surface area contributed by atoms with Crippen molar-refractivity contribution in [2.45, 2.75) is 0 Å². The molecule has 248 valence electrons. The van der Waals surface area contributed by atoms with Crippen LogP contribution in [-0.2, 0) is 0 Å². The van der Waals surface area contributed by atoms with E-state index >= 15 is 0 Å². The number of para-hydroxylation sites is 1. The van der Waals surface area contributed by atoms with Gasteiger partial charge in [0.2, 0.25) is 0 Å². The van der Waals surface area contributed by atoms with E-state index in [1.807, 2.05) is 0 Å². The van der Waals surface area contributed by atoms with Crippen LogP contribution >= 0.6 is 0 Å². The van der Waals surface area contributed by atoms with E-state index in [-0.39, 0.29) is 0 Å². The average molecular weight is 675 g/mol. The molecule has 0 saturated heterocycles. The van der Waals surface area contributed by atoms with Gasteiger partial charge >= 0.3 is 0 Å². The molecule has 1 heterocycles. The van der Waals surface area contributed by atoms with Crippen LogP contribution in [0.3, 0.4) is 0 Å². The molecule has 0 bridgehead atoms. The van der Waals surface area contributed by atoms with Crippen LogP contribution in [0.15, 0.2) is 206 Å². The van der Waals surface area contributed by atoms with E-state index in [9.17, 15) is 0 Å². The van der Waals surface area contributed by atoms with Crippen LogP contribution in [-0.4, -0.2) is 9.55 Å². The Kier molecular flexibility index (Phi) is 7.51. The van der Waals surface area contributed by atoms with Crippen molar-refractivity contribution in [1.29, 1.82) is 0 Å². The molecule has 0 amide bonds. The minimum Gasteiger partial charge on any atom is -0.292 e. The molecule has 10 rings (SSSR count). The van der Waals surface area contributed by atoms with Crippen molar-refractivity contribution in [2.24, 2.45) is 0 Å². The Morgan fingerprint density at radius 3 is 1.42 bits per heavy atom. The lowest BCUT2D eigenvalue weighted by molar-refractivity contribution is 1.10. The molecule has 0 aliphatic carbocycles. The molecule has 0 radical (unpaired) electrons. The number of rotatable bonds is 6. The molecule has 53 heavy (non-hydrogen) atoms. The maximum absolute atomic E-state index is 5.46. The van der Waals surface area contributed by atoms with Crippen LogP contribution in [0.25, 0.3) is 94.2 Å². The first-order valence-electron chi connectivity index (χ1n) is 18.1. The molecular weight excluding hydrogens is 641 g/mol. The Morgan fingerprint density at radius 2 is 0.792 bits per heavy atom. The quantitative estimate of drug-likeness (QED) is 0.161. The summed E-state index contributed by atoms with van der Waals surface area (Å²) in [6.45, 7) is 0. The summed E-state index contributed by atoms with van der Waals surface area (Å²) in [5, 5.41) is 4.92. The fourth-order valence-electron chi connectivity index (χ4n) is 8.04. The Balaban J connectivity index is 1.21. The van der Waals surface area contributed by atoms with E-state index < -0.39 is 0 Å². The van der Waals surface area contributed by atoms with Crippen molar-refractivity contribution in [2.75, 3.05) is 0 Å². The van der Waals surface area contributed by atoms with Crippen LogP contribution in [0, 0.1) is 0 Å². The lowest BCUT2D eigenvalue weighted by Gasteiger charge is -2.18. The van der Waals surface area contributed by atoms with Crippen LogP contribution < -0.4 is 0 Å². The second-order valence-corrected chi connectivity index (χ2v) is 13.5. The zero-order chi connectivity index (χ0) is 35.1. The molecule has 2 heteroatoms. The van der Waals surface area contributed by atoms with Crippen LogP contribution in [0.5, 0.6) is 0 Å². The molecule has 0 atom stereocenters. The first-order chi connectivity index (χ1) is 26.3. The molecule has 0 fully saturated rings. The first-order valence-corrected chi connectivity index (χ1v) is 18.1. The van der Waals surface area contributed by atoms with Gasteiger partial charge in [0.05, 0.1) is 11.0 Å². The Morgan fingerprint density at radius 1 is 0.321 bits per heavy atom. The summed E-state index contributed by atoms with van der Waals surface area (Å²) in [5.41, 5.74) is 13.8. The van der Waals surface area contributed by atoms with Gasteiger partial charge in [-0.2, -0.15) is 0 Å². The normalized spacial score (nSPS) is 11.4. The number of imidazole rings is 1. The van der Waals surface area contributed by atoms with Gasteiger partial charge in [-0.25, -0.2) is 4.98 Å². The molecule has 0 aliphatic rings. The lowest BCUT2D eigenvalue weighted by Crippen LogP contribution is -1.98. The van der Waals surface area contributed by atoms with Crippen molar-refractivity contribution in [3.05, 3.63) is 206 Å². The van der Waals surface area contributed by atoms with Crippen LogP contribution in [0.1, 0.15) is 0 Å². The van der Waals surface area contributed by atoms with E-state index in [0.717, 1.165) is 39.2 Å². The van der Waals surface area contributed by atoms with Gasteiger partial charge in [0, 0.05) is 11.3 Å². The highest BCUT2D eigenvalue weighted by Crippen LogP contribution is 2.45. The number of hydrogen-bond donors (Lipinski definition) is 0. The molecule has 1 aromatic heterocycles. The molecule has 10 aromatic rings. The smallest absolute Gasteiger partial charge is 0.146 e. The van der Waals surface area contributed by atoms with Crippen molar-refractivity contribution in [3.8, 4) is 61.6 Å². The largest absolute Gasteiger partial charge is 0.292 e. The standard InChI is InChI=1S/C51H34N2/c1-4-17-35(18-5-1)37-21-16-22-38(33-37)49-42-26-11-13-28-44(42)50(45-29-14-12-27-43(45)49)39-31-32-48-47(34-39)52-51(53(48)40-23-8-3-9-24-40)46-30-15-10-25-41(46)36-19-6-2-7-20-36/h1-34H. The lowest BCUT2D eigenvalue weighted by atomic mass is 9.85. The highest BCUT2D eigenvalue weighted by molar-refractivity contribution is 6.21. The topological polar surface area (TPSA) is 17.8 Å². The van der Waals surface area contributed by atoms with Gasteiger partial charge in [0.25, 0.3) is 0 Å². The monoisotopic (exact) mass is 674 g/mol. The predicted molar refractivity (Wildman–Crippen MR) is 223 cm³/mol. The number of aromatic nitrogens is 2. The summed E-state index contributed by atoms with van der Waals surface area (Å²) in [6.07, 6.45) is 0. The van der Waals surface area contributed by atoms with Crippen molar-refractivity contribution < 1.29 is 0 Å². The van der Waals surface area contributed by atoms with E-state index in [1.54, 1.807) is 0 Å². The molecule has 0 spiro atoms. The summed E-state index contributed by atoms with van der Waals surface area (Å²) in [4.78, 5) is 5.46. The number of hydrogen-bond acceptors (Lipinski definition) is 1. The van der Waals surface area contributed by atoms with Crippen molar-refractivity contribution in [1.82, 2.24) is 9.55 Å². The third-order valence-electron chi connectivity index (χ3n) is 10.4. The SMILES string of the molecule is c1ccc(-c2cccc(-c3c4ccccc4c(-c4ccc5c(c4)nc(-c4ccccc4-c4ccccc4)n5-c4ccccc4)c4ccccc34)c2)cc1. The van der Waals surface area contributed by atoms with Gasteiger partial charge in [-0.05, 0) is 96.4 Å². The fraction of sp³-hybridized carbons (Fsp3) is 0. The minimum absolute atomic E-state index is 0.922. The predicted octanol–water partition coefficient (Wildman–Crippen LogP) is 13.7. The number of benzene rings is 9. The second-order valence-electron chi connectivity index (χ2n) is 13.5. The van der Waals surface area contributed by atoms with E-state index in [0.29, 0.717) is 0 Å². The summed E-state index contributed by atoms with van der Waals surface area (Å²) in [7, 11) is 0. The first kappa shape index (κ1) is 30.8. The number of fused-ring (bicyclic) bond motifs is 3. The van der Waals surface area contributed by atoms with E-state index in [2.05, 4.69) is 211 Å². The van der Waals surface area contributed by atoms with E-state index in [4.69, 9.17) is 4.98 Å². The Bertz CT molecular complexity index is 2870. The van der Waals surface area contributed by atoms with Gasteiger partial charge in [-0.1, -0.05) is 176 Å². The minimum atomic E-state index is 0.922. The highest BCUT2D eigenvalue weighted by Gasteiger charge is 2.21. The van der Waals surface area contributed by atoms with Gasteiger partial charge in [-0.15, -0.1) is 0 Å². The van der Waals surface area contributed by atoms with Crippen molar-refractivity contribution >= 4 is 32.6 Å². The summed E-state index contributed by atoms with van der Waals surface area (Å²) in [5.74, 6) is 0.922. The zero-order valence-electron chi connectivity index (χ0n) is 29.0. The molecule has 0 aliphatic heterocycles. The van der Waals surface area contributed by atoms with Gasteiger partial charge < -0.3 is 0 Å². The van der Waals surface area contributed by atoms with Crippen LogP contribution in [0.2, 0.25) is 0 Å². The van der Waals surface area contributed by atoms with Gasteiger partial charge in [0.1, 0.15) is 5.82 Å². The molecular formula is C51H34N2. The maximum atomic E-state index is 5.46. The highest BCUT2D eigenvalue weighted by atomic mass is 15.1. The second kappa shape index (κ2) is 12.9. The van der Waals surface area contributed by atoms with Gasteiger partial charge in [-0.3, -0.25) is 4.57 Å². The zero-order valence-corrected chi connectivity index (χ0v) is 29.0. The maximum Gasteiger partial charge on any atom is 0.146 e. The molecule has 0 N–H and O–H groups in total. The van der Waals surface area contributed by atoms with Crippen molar-refractivity contribution in [3.63, 3.8) is 0 Å². The van der Waals surface area contributed by atoms with Crippen LogP contribution in [0.4, 0.5) is 0 Å². The fourth-order valence-corrected chi connectivity index (χ4v) is 8.04. The van der Waals surface area contributed by atoms with E-state index in [1.165, 1.54) is 54.9 Å². The summed E-state index contributed by atoms with van der Waals surface area (Å²) < 4.78 is 2.31. The summed E-state index contributed by atoms with van der Waals surface area (Å²) >= 11 is 0. The van der Waals surface area contributed by atoms with Gasteiger partial charge in [0.15, 0.2) is 0 Å². The molecule has 2 nitrogen and oxygen atoms in total. The third-order valence-corrected chi connectivity index (χ3v) is 10.4. The Hall–Kier alpha value is -7.03. The Labute approximate surface area is 308 Å².